The second-order valence-electron chi connectivity index (χ2n) is 4.52. The molecule has 0 aliphatic heterocycles. The minimum atomic E-state index is -0.830. The van der Waals surface area contributed by atoms with Crippen LogP contribution in [0, 0.1) is 0 Å². The van der Waals surface area contributed by atoms with Gasteiger partial charge in [-0.1, -0.05) is 11.3 Å². The number of thiazole rings is 1. The SMILES string of the molecule is COc1ccc2nc(NC(=O)COC(=O)c3nc(N)n[nH]3)sc2c1. The first-order chi connectivity index (χ1) is 11.5. The van der Waals surface area contributed by atoms with E-state index >= 15 is 0 Å². The van der Waals surface area contributed by atoms with Gasteiger partial charge in [-0.2, -0.15) is 4.98 Å². The molecule has 0 saturated carbocycles. The summed E-state index contributed by atoms with van der Waals surface area (Å²) in [5.74, 6) is -0.918. The lowest BCUT2D eigenvalue weighted by Crippen LogP contribution is -2.21. The zero-order valence-electron chi connectivity index (χ0n) is 12.4. The molecule has 1 aromatic carbocycles. The fourth-order valence-corrected chi connectivity index (χ4v) is 2.72. The van der Waals surface area contributed by atoms with E-state index in [9.17, 15) is 9.59 Å². The molecule has 1 amide bonds. The first-order valence-corrected chi connectivity index (χ1v) is 7.46. The van der Waals surface area contributed by atoms with Crippen molar-refractivity contribution in [3.8, 4) is 5.75 Å². The number of rotatable bonds is 5. The number of ether oxygens (including phenoxy) is 2. The fraction of sp³-hybridized carbons (Fsp3) is 0.154. The van der Waals surface area contributed by atoms with E-state index < -0.39 is 18.5 Å². The number of hydrogen-bond donors (Lipinski definition) is 3. The van der Waals surface area contributed by atoms with Crippen molar-refractivity contribution < 1.29 is 19.1 Å². The molecule has 4 N–H and O–H groups in total. The molecule has 124 valence electrons. The lowest BCUT2D eigenvalue weighted by atomic mass is 10.3. The normalized spacial score (nSPS) is 10.5. The topological polar surface area (TPSA) is 145 Å². The fourth-order valence-electron chi connectivity index (χ4n) is 1.81. The number of nitrogen functional groups attached to an aromatic ring is 1. The molecule has 0 fully saturated rings. The maximum absolute atomic E-state index is 11.8. The summed E-state index contributed by atoms with van der Waals surface area (Å²) in [6.45, 7) is -0.487. The van der Waals surface area contributed by atoms with Crippen LogP contribution in [0.3, 0.4) is 0 Å². The van der Waals surface area contributed by atoms with Crippen LogP contribution in [0.15, 0.2) is 18.2 Å². The summed E-state index contributed by atoms with van der Waals surface area (Å²) in [4.78, 5) is 31.3. The Morgan fingerprint density at radius 1 is 1.38 bits per heavy atom. The number of fused-ring (bicyclic) bond motifs is 1. The first-order valence-electron chi connectivity index (χ1n) is 6.64. The summed E-state index contributed by atoms with van der Waals surface area (Å²) in [5.41, 5.74) is 6.00. The summed E-state index contributed by atoms with van der Waals surface area (Å²) in [6.07, 6.45) is 0. The van der Waals surface area contributed by atoms with E-state index in [1.54, 1.807) is 19.2 Å². The molecule has 0 spiro atoms. The van der Waals surface area contributed by atoms with Gasteiger partial charge >= 0.3 is 5.97 Å². The number of aromatic amines is 1. The highest BCUT2D eigenvalue weighted by molar-refractivity contribution is 7.22. The Bertz CT molecular complexity index is 905. The quantitative estimate of drug-likeness (QED) is 0.574. The van der Waals surface area contributed by atoms with Gasteiger partial charge in [0.15, 0.2) is 11.7 Å². The van der Waals surface area contributed by atoms with Crippen molar-refractivity contribution in [2.45, 2.75) is 0 Å². The second-order valence-corrected chi connectivity index (χ2v) is 5.55. The number of nitrogens with two attached hydrogens (primary N) is 1. The Hall–Kier alpha value is -3.21. The number of hydrogen-bond acceptors (Lipinski definition) is 9. The van der Waals surface area contributed by atoms with Crippen molar-refractivity contribution >= 4 is 44.5 Å². The highest BCUT2D eigenvalue weighted by Gasteiger charge is 2.15. The third kappa shape index (κ3) is 3.41. The molecular weight excluding hydrogens is 336 g/mol. The number of amides is 1. The third-order valence-corrected chi connectivity index (χ3v) is 3.81. The van der Waals surface area contributed by atoms with Gasteiger partial charge in [-0.3, -0.25) is 15.2 Å². The zero-order valence-corrected chi connectivity index (χ0v) is 13.2. The predicted octanol–water partition coefficient (Wildman–Crippen LogP) is 0.801. The summed E-state index contributed by atoms with van der Waals surface area (Å²) in [5, 5.41) is 8.74. The Morgan fingerprint density at radius 3 is 2.92 bits per heavy atom. The largest absolute Gasteiger partial charge is 0.497 e. The summed E-state index contributed by atoms with van der Waals surface area (Å²) >= 11 is 1.28. The lowest BCUT2D eigenvalue weighted by molar-refractivity contribution is -0.119. The van der Waals surface area contributed by atoms with Crippen LogP contribution >= 0.6 is 11.3 Å². The lowest BCUT2D eigenvalue weighted by Gasteiger charge is -2.02. The number of aromatic nitrogens is 4. The minimum Gasteiger partial charge on any atom is -0.497 e. The molecule has 0 atom stereocenters. The van der Waals surface area contributed by atoms with Crippen LogP contribution in [0.5, 0.6) is 5.75 Å². The van der Waals surface area contributed by atoms with Crippen molar-refractivity contribution in [2.75, 3.05) is 24.8 Å². The molecule has 0 radical (unpaired) electrons. The molecule has 0 bridgehead atoms. The zero-order chi connectivity index (χ0) is 17.1. The smallest absolute Gasteiger partial charge is 0.376 e. The highest BCUT2D eigenvalue weighted by atomic mass is 32.1. The van der Waals surface area contributed by atoms with Gasteiger partial charge in [0.05, 0.1) is 17.3 Å². The van der Waals surface area contributed by atoms with E-state index in [4.69, 9.17) is 15.2 Å². The van der Waals surface area contributed by atoms with Gasteiger partial charge < -0.3 is 15.2 Å². The van der Waals surface area contributed by atoms with Crippen molar-refractivity contribution in [3.63, 3.8) is 0 Å². The number of carbonyl (C=O) groups is 2. The van der Waals surface area contributed by atoms with Gasteiger partial charge in [0.25, 0.3) is 5.91 Å². The molecule has 0 unspecified atom stereocenters. The molecule has 0 saturated heterocycles. The Kier molecular flexibility index (Phi) is 4.24. The Morgan fingerprint density at radius 2 is 2.21 bits per heavy atom. The predicted molar refractivity (Wildman–Crippen MR) is 85.9 cm³/mol. The molecule has 3 rings (SSSR count). The number of H-pyrrole nitrogens is 1. The number of benzene rings is 1. The first kappa shape index (κ1) is 15.7. The molecule has 10 nitrogen and oxygen atoms in total. The molecular formula is C13H12N6O4S. The average molecular weight is 348 g/mol. The van der Waals surface area contributed by atoms with Crippen molar-refractivity contribution in [1.29, 1.82) is 0 Å². The van der Waals surface area contributed by atoms with Crippen LogP contribution in [0.1, 0.15) is 10.6 Å². The van der Waals surface area contributed by atoms with Crippen LogP contribution in [0.4, 0.5) is 11.1 Å². The van der Waals surface area contributed by atoms with Gasteiger partial charge in [0, 0.05) is 0 Å². The number of nitrogens with zero attached hydrogens (tertiary/aromatic N) is 3. The second kappa shape index (κ2) is 6.50. The van der Waals surface area contributed by atoms with Gasteiger partial charge in [-0.25, -0.2) is 9.78 Å². The molecule has 11 heteroatoms. The van der Waals surface area contributed by atoms with Crippen LogP contribution < -0.4 is 15.8 Å². The monoisotopic (exact) mass is 348 g/mol. The highest BCUT2D eigenvalue weighted by Crippen LogP contribution is 2.29. The summed E-state index contributed by atoms with van der Waals surface area (Å²) in [6, 6.07) is 5.38. The van der Waals surface area contributed by atoms with E-state index in [-0.39, 0.29) is 11.8 Å². The van der Waals surface area contributed by atoms with Crippen molar-refractivity contribution in [2.24, 2.45) is 0 Å². The Balaban J connectivity index is 1.59. The van der Waals surface area contributed by atoms with Crippen LogP contribution in [0.25, 0.3) is 10.2 Å². The number of methoxy groups -OCH3 is 1. The van der Waals surface area contributed by atoms with Crippen LogP contribution in [-0.4, -0.2) is 45.8 Å². The molecule has 2 aromatic heterocycles. The Labute approximate surface area is 139 Å². The van der Waals surface area contributed by atoms with Gasteiger partial charge in [-0.05, 0) is 18.2 Å². The van der Waals surface area contributed by atoms with Gasteiger partial charge in [0.2, 0.25) is 11.8 Å². The third-order valence-electron chi connectivity index (χ3n) is 2.87. The maximum atomic E-state index is 11.8. The molecule has 3 aromatic rings. The van der Waals surface area contributed by atoms with Crippen molar-refractivity contribution in [3.05, 3.63) is 24.0 Å². The maximum Gasteiger partial charge on any atom is 0.376 e. The summed E-state index contributed by atoms with van der Waals surface area (Å²) < 4.78 is 10.8. The van der Waals surface area contributed by atoms with E-state index in [1.807, 2.05) is 6.07 Å². The number of esters is 1. The molecule has 0 aliphatic carbocycles. The number of carbonyl (C=O) groups excluding carboxylic acids is 2. The minimum absolute atomic E-state index is 0.0868. The standard InChI is InChI=1S/C13H12N6O4S/c1-22-6-2-3-7-8(4-6)24-13(15-7)16-9(20)5-23-11(21)10-17-12(14)19-18-10/h2-4H,5H2,1H3,(H,15,16,20)(H3,14,17,18,19). The summed E-state index contributed by atoms with van der Waals surface area (Å²) in [7, 11) is 1.57. The van der Waals surface area contributed by atoms with Gasteiger partial charge in [-0.15, -0.1) is 5.10 Å². The molecule has 2 heterocycles. The molecule has 24 heavy (non-hydrogen) atoms. The van der Waals surface area contributed by atoms with Gasteiger partial charge in [0.1, 0.15) is 5.75 Å². The van der Waals surface area contributed by atoms with E-state index in [2.05, 4.69) is 25.5 Å². The van der Waals surface area contributed by atoms with E-state index in [0.29, 0.717) is 10.9 Å². The van der Waals surface area contributed by atoms with Crippen LogP contribution in [-0.2, 0) is 9.53 Å². The van der Waals surface area contributed by atoms with E-state index in [0.717, 1.165) is 10.2 Å². The number of nitrogens with one attached hydrogen (secondary N) is 2. The average Bonchev–Trinajstić information content (AvgIpc) is 3.17. The molecule has 0 aliphatic rings. The van der Waals surface area contributed by atoms with Crippen molar-refractivity contribution in [1.82, 2.24) is 20.2 Å². The van der Waals surface area contributed by atoms with Crippen LogP contribution in [0.2, 0.25) is 0 Å². The number of anilines is 2. The van der Waals surface area contributed by atoms with E-state index in [1.165, 1.54) is 11.3 Å².